The van der Waals surface area contributed by atoms with Gasteiger partial charge >= 0.3 is 0 Å². The fourth-order valence-corrected chi connectivity index (χ4v) is 8.96. The van der Waals surface area contributed by atoms with E-state index >= 15 is 0 Å². The average Bonchev–Trinajstić information content (AvgIpc) is 3.46. The Balaban J connectivity index is 1.32. The number of nitrogens with two attached hydrogens (primary N) is 1. The summed E-state index contributed by atoms with van der Waals surface area (Å²) < 4.78 is 8.13. The van der Waals surface area contributed by atoms with Gasteiger partial charge in [-0.2, -0.15) is 0 Å². The van der Waals surface area contributed by atoms with E-state index in [1.807, 2.05) is 12.1 Å². The molecule has 4 fully saturated rings. The number of likely N-dealkylation sites (tertiary alicyclic amines) is 1. The van der Waals surface area contributed by atoms with Crippen molar-refractivity contribution in [2.45, 2.75) is 75.8 Å². The van der Waals surface area contributed by atoms with Crippen molar-refractivity contribution >= 4 is 22.7 Å². The van der Waals surface area contributed by atoms with Crippen molar-refractivity contribution < 1.29 is 14.3 Å². The zero-order chi connectivity index (χ0) is 27.9. The smallest absolute Gasteiger partial charge is 0.248 e. The van der Waals surface area contributed by atoms with Crippen LogP contribution in [0.2, 0.25) is 0 Å². The highest BCUT2D eigenvalue weighted by atomic mass is 16.5. The summed E-state index contributed by atoms with van der Waals surface area (Å²) in [6.07, 6.45) is 9.34. The van der Waals surface area contributed by atoms with Crippen molar-refractivity contribution in [2.24, 2.45) is 17.1 Å². The molecule has 0 spiro atoms. The van der Waals surface area contributed by atoms with Gasteiger partial charge in [0.1, 0.15) is 5.75 Å². The number of aromatic nitrogens is 1. The van der Waals surface area contributed by atoms with Gasteiger partial charge < -0.3 is 25.3 Å². The van der Waals surface area contributed by atoms with Crippen molar-refractivity contribution in [3.8, 4) is 17.0 Å². The molecule has 4 heterocycles. The monoisotopic (exact) mass is 552 g/mol. The molecule has 2 saturated heterocycles. The van der Waals surface area contributed by atoms with E-state index in [4.69, 9.17) is 10.5 Å². The van der Waals surface area contributed by atoms with Gasteiger partial charge in [-0.25, -0.2) is 0 Å². The second-order valence-corrected chi connectivity index (χ2v) is 13.3. The van der Waals surface area contributed by atoms with Gasteiger partial charge in [-0.15, -0.1) is 0 Å². The standard InChI is InChI=1S/C34H40N4O3/c1-41-23-10-12-24-26(15-23)27-16-34(27,33(40)37-17-22-8-5-13-36-28(22)18-37)19-38-29-14-21(32(35)39)9-11-25(29)30(31(24)38)20-6-3-2-4-7-20/h9-12,14-15,20,22,27-28,36H,2-8,13,16-19H2,1H3,(H2,35,39). The Morgan fingerprint density at radius 3 is 2.66 bits per heavy atom. The van der Waals surface area contributed by atoms with Gasteiger partial charge in [0.05, 0.1) is 18.2 Å². The van der Waals surface area contributed by atoms with Crippen LogP contribution in [-0.2, 0) is 11.3 Å². The molecule has 3 aliphatic heterocycles. The van der Waals surface area contributed by atoms with Crippen LogP contribution < -0.4 is 15.8 Å². The first-order chi connectivity index (χ1) is 20.0. The lowest BCUT2D eigenvalue weighted by atomic mass is 9.81. The van der Waals surface area contributed by atoms with Gasteiger partial charge in [-0.3, -0.25) is 9.59 Å². The molecule has 1 aromatic heterocycles. The van der Waals surface area contributed by atoms with E-state index in [1.165, 1.54) is 72.7 Å². The number of methoxy groups -OCH3 is 1. The highest BCUT2D eigenvalue weighted by molar-refractivity contribution is 6.01. The summed E-state index contributed by atoms with van der Waals surface area (Å²) in [4.78, 5) is 29.1. The normalized spacial score (nSPS) is 28.8. The van der Waals surface area contributed by atoms with Crippen LogP contribution in [0.15, 0.2) is 36.4 Å². The molecule has 5 aliphatic rings. The fraction of sp³-hybridized carbons (Fsp3) is 0.529. The third-order valence-corrected chi connectivity index (χ3v) is 11.1. The maximum atomic E-state index is 14.6. The first kappa shape index (κ1) is 25.4. The molecule has 8 rings (SSSR count). The van der Waals surface area contributed by atoms with Gasteiger partial charge in [0.25, 0.3) is 0 Å². The van der Waals surface area contributed by atoms with E-state index in [-0.39, 0.29) is 5.92 Å². The Kier molecular flexibility index (Phi) is 5.79. The maximum absolute atomic E-state index is 14.6. The van der Waals surface area contributed by atoms with Crippen LogP contribution in [0, 0.1) is 11.3 Å². The SMILES string of the molecule is COc1ccc2c(c1)C1CC1(C(=O)N1CC3CCCNC3C1)Cn1c-2c(C2CCCCC2)c2ccc(C(N)=O)cc21. The first-order valence-electron chi connectivity index (χ1n) is 15.7. The van der Waals surface area contributed by atoms with E-state index in [0.717, 1.165) is 37.3 Å². The number of carbonyl (C=O) groups is 2. The molecule has 41 heavy (non-hydrogen) atoms. The van der Waals surface area contributed by atoms with Gasteiger partial charge in [-0.05, 0) is 91.9 Å². The number of benzene rings is 2. The fourth-order valence-electron chi connectivity index (χ4n) is 8.96. The molecule has 2 aromatic carbocycles. The summed E-state index contributed by atoms with van der Waals surface area (Å²) in [7, 11) is 1.72. The predicted octanol–water partition coefficient (Wildman–Crippen LogP) is 5.16. The second kappa shape index (κ2) is 9.35. The quantitative estimate of drug-likeness (QED) is 0.468. The summed E-state index contributed by atoms with van der Waals surface area (Å²) >= 11 is 0. The number of hydrogen-bond acceptors (Lipinski definition) is 4. The summed E-state index contributed by atoms with van der Waals surface area (Å²) in [6.45, 7) is 3.35. The Bertz CT molecular complexity index is 1560. The number of fused-ring (bicyclic) bond motifs is 8. The van der Waals surface area contributed by atoms with Gasteiger partial charge in [0.15, 0.2) is 0 Å². The van der Waals surface area contributed by atoms with E-state index in [9.17, 15) is 9.59 Å². The Morgan fingerprint density at radius 1 is 1.02 bits per heavy atom. The van der Waals surface area contributed by atoms with Crippen LogP contribution in [0.25, 0.3) is 22.2 Å². The van der Waals surface area contributed by atoms with Crippen LogP contribution in [0.4, 0.5) is 0 Å². The minimum absolute atomic E-state index is 0.157. The number of nitrogens with one attached hydrogen (secondary N) is 1. The Hall–Kier alpha value is -3.32. The van der Waals surface area contributed by atoms with E-state index in [2.05, 4.69) is 39.0 Å². The summed E-state index contributed by atoms with van der Waals surface area (Å²) in [5, 5.41) is 4.88. The predicted molar refractivity (Wildman–Crippen MR) is 159 cm³/mol. The lowest BCUT2D eigenvalue weighted by Crippen LogP contribution is -2.42. The molecule has 4 atom stereocenters. The number of rotatable bonds is 4. The minimum Gasteiger partial charge on any atom is -0.497 e. The van der Waals surface area contributed by atoms with E-state index in [0.29, 0.717) is 35.9 Å². The lowest BCUT2D eigenvalue weighted by Gasteiger charge is -2.25. The van der Waals surface area contributed by atoms with Crippen LogP contribution in [-0.4, -0.2) is 54.1 Å². The molecule has 2 saturated carbocycles. The van der Waals surface area contributed by atoms with Gasteiger partial charge in [0, 0.05) is 53.6 Å². The number of piperidine rings is 1. The number of hydrogen-bond donors (Lipinski definition) is 2. The molecule has 0 radical (unpaired) electrons. The summed E-state index contributed by atoms with van der Waals surface area (Å²) in [6, 6.07) is 12.9. The van der Waals surface area contributed by atoms with Gasteiger partial charge in [0.2, 0.25) is 11.8 Å². The molecule has 7 heteroatoms. The molecule has 7 nitrogen and oxygen atoms in total. The largest absolute Gasteiger partial charge is 0.497 e. The van der Waals surface area contributed by atoms with Crippen molar-refractivity contribution in [1.29, 1.82) is 0 Å². The van der Waals surface area contributed by atoms with E-state index < -0.39 is 11.3 Å². The molecule has 3 aromatic rings. The topological polar surface area (TPSA) is 89.6 Å². The van der Waals surface area contributed by atoms with Crippen LogP contribution >= 0.6 is 0 Å². The molecular formula is C34H40N4O3. The summed E-state index contributed by atoms with van der Waals surface area (Å²) in [5.41, 5.74) is 11.9. The van der Waals surface area contributed by atoms with Crippen LogP contribution in [0.5, 0.6) is 5.75 Å². The number of carbonyl (C=O) groups excluding carboxylic acids is 2. The lowest BCUT2D eigenvalue weighted by molar-refractivity contribution is -0.136. The molecule has 0 bridgehead atoms. The highest BCUT2D eigenvalue weighted by Gasteiger charge is 2.64. The Morgan fingerprint density at radius 2 is 1.88 bits per heavy atom. The second-order valence-electron chi connectivity index (χ2n) is 13.3. The van der Waals surface area contributed by atoms with Crippen molar-refractivity contribution in [3.05, 3.63) is 53.1 Å². The number of ether oxygens (including phenoxy) is 1. The average molecular weight is 553 g/mol. The van der Waals surface area contributed by atoms with Crippen LogP contribution in [0.3, 0.4) is 0 Å². The zero-order valence-electron chi connectivity index (χ0n) is 24.0. The van der Waals surface area contributed by atoms with Gasteiger partial charge in [-0.1, -0.05) is 25.3 Å². The molecule has 214 valence electrons. The third-order valence-electron chi connectivity index (χ3n) is 11.1. The third kappa shape index (κ3) is 3.80. The zero-order valence-corrected chi connectivity index (χ0v) is 24.0. The van der Waals surface area contributed by atoms with Crippen molar-refractivity contribution in [2.75, 3.05) is 26.7 Å². The number of amides is 2. The Labute approximate surface area is 241 Å². The number of primary amides is 1. The summed E-state index contributed by atoms with van der Waals surface area (Å²) in [5.74, 6) is 1.90. The first-order valence-corrected chi connectivity index (χ1v) is 15.7. The molecule has 2 aliphatic carbocycles. The number of nitrogens with zero attached hydrogens (tertiary/aromatic N) is 2. The highest BCUT2D eigenvalue weighted by Crippen LogP contribution is 2.66. The molecule has 4 unspecified atom stereocenters. The van der Waals surface area contributed by atoms with Crippen molar-refractivity contribution in [1.82, 2.24) is 14.8 Å². The van der Waals surface area contributed by atoms with Crippen molar-refractivity contribution in [3.63, 3.8) is 0 Å². The molecule has 2 amide bonds. The van der Waals surface area contributed by atoms with Crippen LogP contribution in [0.1, 0.15) is 84.7 Å². The molecular weight excluding hydrogens is 512 g/mol. The van der Waals surface area contributed by atoms with E-state index in [1.54, 1.807) is 7.11 Å². The maximum Gasteiger partial charge on any atom is 0.248 e. The molecule has 3 N–H and O–H groups in total. The minimum atomic E-state index is -0.488.